The lowest BCUT2D eigenvalue weighted by molar-refractivity contribution is -0.152. The van der Waals surface area contributed by atoms with E-state index in [4.69, 9.17) is 5.11 Å². The van der Waals surface area contributed by atoms with Crippen LogP contribution < -0.4 is 5.32 Å². The first-order chi connectivity index (χ1) is 6.23. The summed E-state index contributed by atoms with van der Waals surface area (Å²) in [6.45, 7) is 1.11. The van der Waals surface area contributed by atoms with E-state index in [1.165, 1.54) is 11.3 Å². The maximum atomic E-state index is 11.0. The molecule has 13 heavy (non-hydrogen) atoms. The molecule has 4 nitrogen and oxygen atoms in total. The standard InChI is InChI=1S/C8H10N2O2S/c11-7(12)8(3-9-4-8)1-6-2-13-5-10-6/h2,5,9H,1,3-4H2,(H,11,12). The minimum absolute atomic E-state index is 0.541. The molecule has 1 fully saturated rings. The van der Waals surface area contributed by atoms with Crippen LogP contribution in [0.25, 0.3) is 0 Å². The molecule has 1 aromatic rings. The van der Waals surface area contributed by atoms with E-state index < -0.39 is 11.4 Å². The summed E-state index contributed by atoms with van der Waals surface area (Å²) in [7, 11) is 0. The Kier molecular flexibility index (Phi) is 2.05. The molecule has 0 atom stereocenters. The second-order valence-corrected chi connectivity index (χ2v) is 4.06. The highest BCUT2D eigenvalue weighted by Gasteiger charge is 2.44. The number of aliphatic carboxylic acids is 1. The SMILES string of the molecule is O=C(O)C1(Cc2cscn2)CNC1. The van der Waals surface area contributed by atoms with E-state index in [0.717, 1.165) is 5.69 Å². The summed E-state index contributed by atoms with van der Waals surface area (Å²) in [5.41, 5.74) is 2.01. The highest BCUT2D eigenvalue weighted by Crippen LogP contribution is 2.27. The molecular formula is C8H10N2O2S. The van der Waals surface area contributed by atoms with Crippen LogP contribution in [0.15, 0.2) is 10.9 Å². The molecule has 0 spiro atoms. The number of carbonyl (C=O) groups is 1. The van der Waals surface area contributed by atoms with Gasteiger partial charge >= 0.3 is 5.97 Å². The van der Waals surface area contributed by atoms with Crippen molar-refractivity contribution in [2.24, 2.45) is 5.41 Å². The zero-order chi connectivity index (χ0) is 9.31. The van der Waals surface area contributed by atoms with Crippen molar-refractivity contribution in [3.05, 3.63) is 16.6 Å². The van der Waals surface area contributed by atoms with Gasteiger partial charge in [-0.3, -0.25) is 4.79 Å². The molecule has 0 aliphatic carbocycles. The lowest BCUT2D eigenvalue weighted by atomic mass is 9.78. The fourth-order valence-corrected chi connectivity index (χ4v) is 2.01. The molecule has 1 aromatic heterocycles. The molecule has 0 saturated carbocycles. The van der Waals surface area contributed by atoms with Gasteiger partial charge in [-0.25, -0.2) is 4.98 Å². The van der Waals surface area contributed by atoms with Crippen LogP contribution >= 0.6 is 11.3 Å². The third-order valence-electron chi connectivity index (χ3n) is 2.38. The summed E-state index contributed by atoms with van der Waals surface area (Å²) < 4.78 is 0. The number of carboxylic acids is 1. The van der Waals surface area contributed by atoms with Gasteiger partial charge in [-0.15, -0.1) is 11.3 Å². The van der Waals surface area contributed by atoms with E-state index >= 15 is 0 Å². The molecule has 1 saturated heterocycles. The Labute approximate surface area is 79.6 Å². The van der Waals surface area contributed by atoms with E-state index in [9.17, 15) is 4.79 Å². The van der Waals surface area contributed by atoms with Gasteiger partial charge < -0.3 is 10.4 Å². The third-order valence-corrected chi connectivity index (χ3v) is 3.02. The summed E-state index contributed by atoms with van der Waals surface area (Å²) in [6, 6.07) is 0. The van der Waals surface area contributed by atoms with Gasteiger partial charge in [0, 0.05) is 24.9 Å². The van der Waals surface area contributed by atoms with Crippen molar-refractivity contribution in [1.82, 2.24) is 10.3 Å². The average molecular weight is 198 g/mol. The third kappa shape index (κ3) is 1.45. The van der Waals surface area contributed by atoms with Gasteiger partial charge in [0.2, 0.25) is 0 Å². The predicted molar refractivity (Wildman–Crippen MR) is 48.8 cm³/mol. The van der Waals surface area contributed by atoms with E-state index in [1.54, 1.807) is 5.51 Å². The number of hydrogen-bond acceptors (Lipinski definition) is 4. The van der Waals surface area contributed by atoms with E-state index in [1.807, 2.05) is 5.38 Å². The van der Waals surface area contributed by atoms with Crippen molar-refractivity contribution in [2.45, 2.75) is 6.42 Å². The predicted octanol–water partition coefficient (Wildman–Crippen LogP) is 0.360. The van der Waals surface area contributed by atoms with Crippen LogP contribution in [0.4, 0.5) is 0 Å². The Balaban J connectivity index is 2.11. The van der Waals surface area contributed by atoms with Gasteiger partial charge in [0.1, 0.15) is 0 Å². The molecule has 0 bridgehead atoms. The highest BCUT2D eigenvalue weighted by molar-refractivity contribution is 7.07. The van der Waals surface area contributed by atoms with Gasteiger partial charge in [-0.1, -0.05) is 0 Å². The molecule has 1 aliphatic rings. The topological polar surface area (TPSA) is 62.2 Å². The number of thiazole rings is 1. The van der Waals surface area contributed by atoms with Gasteiger partial charge in [0.15, 0.2) is 0 Å². The quantitative estimate of drug-likeness (QED) is 0.736. The largest absolute Gasteiger partial charge is 0.481 e. The van der Waals surface area contributed by atoms with Crippen LogP contribution in [-0.4, -0.2) is 29.1 Å². The van der Waals surface area contributed by atoms with Crippen molar-refractivity contribution < 1.29 is 9.90 Å². The van der Waals surface area contributed by atoms with Crippen molar-refractivity contribution in [2.75, 3.05) is 13.1 Å². The first kappa shape index (κ1) is 8.65. The van der Waals surface area contributed by atoms with Crippen molar-refractivity contribution in [3.63, 3.8) is 0 Å². The van der Waals surface area contributed by atoms with Crippen molar-refractivity contribution in [3.8, 4) is 0 Å². The summed E-state index contributed by atoms with van der Waals surface area (Å²) in [4.78, 5) is 15.1. The molecule has 2 N–H and O–H groups in total. The Morgan fingerprint density at radius 3 is 2.92 bits per heavy atom. The maximum Gasteiger partial charge on any atom is 0.312 e. The Morgan fingerprint density at radius 2 is 2.54 bits per heavy atom. The Hall–Kier alpha value is -0.940. The first-order valence-corrected chi connectivity index (χ1v) is 4.98. The Morgan fingerprint density at radius 1 is 1.77 bits per heavy atom. The minimum atomic E-state index is -0.723. The first-order valence-electron chi connectivity index (χ1n) is 4.04. The molecule has 0 unspecified atom stereocenters. The van der Waals surface area contributed by atoms with Crippen molar-refractivity contribution >= 4 is 17.3 Å². The number of hydrogen-bond donors (Lipinski definition) is 2. The van der Waals surface area contributed by atoms with Gasteiger partial charge in [-0.2, -0.15) is 0 Å². The minimum Gasteiger partial charge on any atom is -0.481 e. The smallest absolute Gasteiger partial charge is 0.312 e. The van der Waals surface area contributed by atoms with Crippen molar-refractivity contribution in [1.29, 1.82) is 0 Å². The van der Waals surface area contributed by atoms with Crippen LogP contribution in [0.5, 0.6) is 0 Å². The molecule has 5 heteroatoms. The summed E-state index contributed by atoms with van der Waals surface area (Å²) in [5, 5.41) is 13.9. The summed E-state index contributed by atoms with van der Waals surface area (Å²) in [5.74, 6) is -0.723. The molecule has 70 valence electrons. The van der Waals surface area contributed by atoms with E-state index in [0.29, 0.717) is 19.5 Å². The second-order valence-electron chi connectivity index (χ2n) is 3.35. The van der Waals surface area contributed by atoms with Gasteiger partial charge in [0.05, 0.1) is 16.6 Å². The fraction of sp³-hybridized carbons (Fsp3) is 0.500. The number of rotatable bonds is 3. The maximum absolute atomic E-state index is 11.0. The van der Waals surface area contributed by atoms with E-state index in [2.05, 4.69) is 10.3 Å². The van der Waals surface area contributed by atoms with Crippen LogP contribution in [0.3, 0.4) is 0 Å². The Bertz CT molecular complexity index is 306. The molecule has 0 aromatic carbocycles. The molecular weight excluding hydrogens is 188 g/mol. The summed E-state index contributed by atoms with van der Waals surface area (Å²) in [6.07, 6.45) is 0.541. The van der Waals surface area contributed by atoms with Crippen LogP contribution in [0, 0.1) is 5.41 Å². The molecule has 2 heterocycles. The molecule has 0 amide bonds. The van der Waals surface area contributed by atoms with Gasteiger partial charge in [0.25, 0.3) is 0 Å². The lowest BCUT2D eigenvalue weighted by Crippen LogP contribution is -2.59. The number of aromatic nitrogens is 1. The van der Waals surface area contributed by atoms with E-state index in [-0.39, 0.29) is 0 Å². The van der Waals surface area contributed by atoms with Crippen LogP contribution in [-0.2, 0) is 11.2 Å². The normalized spacial score (nSPS) is 19.4. The molecule has 1 aliphatic heterocycles. The molecule has 0 radical (unpaired) electrons. The average Bonchev–Trinajstić information content (AvgIpc) is 2.47. The fourth-order valence-electron chi connectivity index (χ4n) is 1.45. The highest BCUT2D eigenvalue weighted by atomic mass is 32.1. The number of carboxylic acid groups (broad SMARTS) is 1. The van der Waals surface area contributed by atoms with Crippen LogP contribution in [0.1, 0.15) is 5.69 Å². The van der Waals surface area contributed by atoms with Crippen LogP contribution in [0.2, 0.25) is 0 Å². The molecule has 2 rings (SSSR count). The van der Waals surface area contributed by atoms with Gasteiger partial charge in [-0.05, 0) is 0 Å². The lowest BCUT2D eigenvalue weighted by Gasteiger charge is -2.38. The monoisotopic (exact) mass is 198 g/mol. The second kappa shape index (κ2) is 3.08. The zero-order valence-electron chi connectivity index (χ0n) is 6.99. The summed E-state index contributed by atoms with van der Waals surface area (Å²) >= 11 is 1.50. The number of nitrogens with zero attached hydrogens (tertiary/aromatic N) is 1. The number of nitrogens with one attached hydrogen (secondary N) is 1. The zero-order valence-corrected chi connectivity index (χ0v) is 7.80.